The summed E-state index contributed by atoms with van der Waals surface area (Å²) in [6.07, 6.45) is 0. The molecule has 1 nitrogen and oxygen atoms in total. The molecule has 0 spiro atoms. The fourth-order valence-electron chi connectivity index (χ4n) is 1.72. The van der Waals surface area contributed by atoms with E-state index in [0.717, 1.165) is 0 Å². The Morgan fingerprint density at radius 1 is 1.20 bits per heavy atom. The van der Waals surface area contributed by atoms with E-state index in [4.69, 9.17) is 5.73 Å². The van der Waals surface area contributed by atoms with Gasteiger partial charge in [0.05, 0.1) is 6.04 Å². The molecule has 2 heteroatoms. The number of hydrogen-bond acceptors (Lipinski definition) is 2. The van der Waals surface area contributed by atoms with E-state index < -0.39 is 0 Å². The lowest BCUT2D eigenvalue weighted by molar-refractivity contribution is 0.880. The van der Waals surface area contributed by atoms with Crippen molar-refractivity contribution < 1.29 is 0 Å². The van der Waals surface area contributed by atoms with Crippen molar-refractivity contribution in [1.82, 2.24) is 0 Å². The maximum atomic E-state index is 6.24. The molecular weight excluding hydrogens is 202 g/mol. The Balaban J connectivity index is 2.41. The van der Waals surface area contributed by atoms with Crippen molar-refractivity contribution >= 4 is 11.3 Å². The van der Waals surface area contributed by atoms with Gasteiger partial charge in [0, 0.05) is 4.88 Å². The molecule has 2 N–H and O–H groups in total. The predicted molar refractivity (Wildman–Crippen MR) is 66.3 cm³/mol. The highest BCUT2D eigenvalue weighted by atomic mass is 32.1. The van der Waals surface area contributed by atoms with E-state index in [1.807, 2.05) is 6.07 Å². The molecule has 0 aliphatic heterocycles. The number of aryl methyl sites for hydroxylation is 2. The van der Waals surface area contributed by atoms with Crippen LogP contribution in [0.15, 0.2) is 35.7 Å². The summed E-state index contributed by atoms with van der Waals surface area (Å²) in [5.74, 6) is 0. The van der Waals surface area contributed by atoms with Crippen molar-refractivity contribution in [2.75, 3.05) is 0 Å². The van der Waals surface area contributed by atoms with Gasteiger partial charge in [0.25, 0.3) is 0 Å². The molecule has 2 aromatic rings. The number of rotatable bonds is 2. The lowest BCUT2D eigenvalue weighted by Crippen LogP contribution is -2.11. The lowest BCUT2D eigenvalue weighted by Gasteiger charge is -2.13. The van der Waals surface area contributed by atoms with Gasteiger partial charge >= 0.3 is 0 Å². The maximum Gasteiger partial charge on any atom is 0.0648 e. The molecule has 0 saturated heterocycles. The highest BCUT2D eigenvalue weighted by Crippen LogP contribution is 2.26. The molecule has 0 fully saturated rings. The Labute approximate surface area is 94.6 Å². The van der Waals surface area contributed by atoms with E-state index in [9.17, 15) is 0 Å². The number of hydrogen-bond donors (Lipinski definition) is 1. The minimum atomic E-state index is 0.0184. The fraction of sp³-hybridized carbons (Fsp3) is 0.231. The van der Waals surface area contributed by atoms with E-state index in [1.54, 1.807) is 11.3 Å². The summed E-state index contributed by atoms with van der Waals surface area (Å²) in [5.41, 5.74) is 10.0. The molecule has 1 heterocycles. The molecule has 2 rings (SSSR count). The first kappa shape index (κ1) is 10.4. The van der Waals surface area contributed by atoms with E-state index in [2.05, 4.69) is 43.5 Å². The van der Waals surface area contributed by atoms with Crippen LogP contribution < -0.4 is 5.73 Å². The third-order valence-corrected chi connectivity index (χ3v) is 3.57. The van der Waals surface area contributed by atoms with Gasteiger partial charge in [-0.05, 0) is 36.4 Å². The molecule has 15 heavy (non-hydrogen) atoms. The SMILES string of the molecule is Cc1ccc(C)c([C@@H](N)c2cccs2)c1. The minimum absolute atomic E-state index is 0.0184. The van der Waals surface area contributed by atoms with Crippen LogP contribution >= 0.6 is 11.3 Å². The second kappa shape index (κ2) is 4.17. The summed E-state index contributed by atoms with van der Waals surface area (Å²) in [4.78, 5) is 1.23. The highest BCUT2D eigenvalue weighted by Gasteiger charge is 2.11. The Bertz CT molecular complexity index is 446. The van der Waals surface area contributed by atoms with Crippen molar-refractivity contribution in [3.05, 3.63) is 57.3 Å². The van der Waals surface area contributed by atoms with Crippen molar-refractivity contribution in [3.8, 4) is 0 Å². The predicted octanol–water partition coefficient (Wildman–Crippen LogP) is 3.41. The smallest absolute Gasteiger partial charge is 0.0648 e. The van der Waals surface area contributed by atoms with E-state index in [1.165, 1.54) is 21.6 Å². The molecule has 1 atom stereocenters. The van der Waals surface area contributed by atoms with Crippen LogP contribution in [-0.4, -0.2) is 0 Å². The van der Waals surface area contributed by atoms with Gasteiger partial charge in [-0.25, -0.2) is 0 Å². The standard InChI is InChI=1S/C13H15NS/c1-9-5-6-10(2)11(8-9)13(14)12-4-3-7-15-12/h3-8,13H,14H2,1-2H3/t13-/m1/s1. The second-order valence-corrected chi connectivity index (χ2v) is 4.83. The molecule has 1 aromatic heterocycles. The van der Waals surface area contributed by atoms with Gasteiger partial charge in [-0.15, -0.1) is 11.3 Å². The van der Waals surface area contributed by atoms with Crippen molar-refractivity contribution in [3.63, 3.8) is 0 Å². The van der Waals surface area contributed by atoms with Gasteiger partial charge in [-0.2, -0.15) is 0 Å². The van der Waals surface area contributed by atoms with E-state index in [-0.39, 0.29) is 6.04 Å². The summed E-state index contributed by atoms with van der Waals surface area (Å²) in [6.45, 7) is 4.21. The number of thiophene rings is 1. The molecule has 0 bridgehead atoms. The van der Waals surface area contributed by atoms with Crippen LogP contribution in [0, 0.1) is 13.8 Å². The summed E-state index contributed by atoms with van der Waals surface area (Å²) >= 11 is 1.72. The summed E-state index contributed by atoms with van der Waals surface area (Å²) in [7, 11) is 0. The largest absolute Gasteiger partial charge is 0.320 e. The lowest BCUT2D eigenvalue weighted by atomic mass is 9.98. The van der Waals surface area contributed by atoms with Crippen molar-refractivity contribution in [2.45, 2.75) is 19.9 Å². The third kappa shape index (κ3) is 2.11. The fourth-order valence-corrected chi connectivity index (χ4v) is 2.46. The molecule has 78 valence electrons. The second-order valence-electron chi connectivity index (χ2n) is 3.85. The minimum Gasteiger partial charge on any atom is -0.320 e. The Kier molecular flexibility index (Phi) is 2.89. The van der Waals surface area contributed by atoms with E-state index >= 15 is 0 Å². The first-order valence-corrected chi connectivity index (χ1v) is 5.92. The van der Waals surface area contributed by atoms with Crippen LogP contribution in [0.5, 0.6) is 0 Å². The molecule has 1 aromatic carbocycles. The zero-order valence-electron chi connectivity index (χ0n) is 9.03. The number of benzene rings is 1. The zero-order chi connectivity index (χ0) is 10.8. The van der Waals surface area contributed by atoms with Gasteiger partial charge in [-0.1, -0.05) is 29.8 Å². The van der Waals surface area contributed by atoms with Gasteiger partial charge in [0.15, 0.2) is 0 Å². The molecule has 0 aliphatic carbocycles. The van der Waals surface area contributed by atoms with E-state index in [0.29, 0.717) is 0 Å². The first-order chi connectivity index (χ1) is 7.18. The van der Waals surface area contributed by atoms with Crippen LogP contribution in [0.2, 0.25) is 0 Å². The maximum absolute atomic E-state index is 6.24. The summed E-state index contributed by atoms with van der Waals surface area (Å²) in [6, 6.07) is 10.6. The monoisotopic (exact) mass is 217 g/mol. The highest BCUT2D eigenvalue weighted by molar-refractivity contribution is 7.10. The zero-order valence-corrected chi connectivity index (χ0v) is 9.84. The Hall–Kier alpha value is -1.12. The molecular formula is C13H15NS. The molecule has 0 aliphatic rings. The van der Waals surface area contributed by atoms with Gasteiger partial charge in [-0.3, -0.25) is 0 Å². The number of nitrogens with two attached hydrogens (primary N) is 1. The van der Waals surface area contributed by atoms with Crippen LogP contribution in [0.3, 0.4) is 0 Å². The summed E-state index contributed by atoms with van der Waals surface area (Å²) in [5, 5.41) is 2.07. The normalized spacial score (nSPS) is 12.7. The van der Waals surface area contributed by atoms with Crippen LogP contribution in [0.4, 0.5) is 0 Å². The summed E-state index contributed by atoms with van der Waals surface area (Å²) < 4.78 is 0. The first-order valence-electron chi connectivity index (χ1n) is 5.04. The molecule has 0 amide bonds. The van der Waals surface area contributed by atoms with Crippen LogP contribution in [0.25, 0.3) is 0 Å². The van der Waals surface area contributed by atoms with Crippen molar-refractivity contribution in [2.24, 2.45) is 5.73 Å². The third-order valence-electron chi connectivity index (χ3n) is 2.62. The Morgan fingerprint density at radius 3 is 2.67 bits per heavy atom. The molecule has 0 unspecified atom stereocenters. The van der Waals surface area contributed by atoms with Crippen molar-refractivity contribution in [1.29, 1.82) is 0 Å². The molecule has 0 saturated carbocycles. The quantitative estimate of drug-likeness (QED) is 0.819. The molecule has 0 radical (unpaired) electrons. The Morgan fingerprint density at radius 2 is 2.00 bits per heavy atom. The topological polar surface area (TPSA) is 26.0 Å². The average molecular weight is 217 g/mol. The average Bonchev–Trinajstić information content (AvgIpc) is 2.74. The van der Waals surface area contributed by atoms with Gasteiger partial charge in [0.2, 0.25) is 0 Å². The van der Waals surface area contributed by atoms with Crippen LogP contribution in [0.1, 0.15) is 27.6 Å². The van der Waals surface area contributed by atoms with Gasteiger partial charge < -0.3 is 5.73 Å². The van der Waals surface area contributed by atoms with Crippen LogP contribution in [-0.2, 0) is 0 Å². The van der Waals surface area contributed by atoms with Gasteiger partial charge in [0.1, 0.15) is 0 Å².